The number of nitrogens with zero attached hydrogens (tertiary/aromatic N) is 2. The molecule has 1 atom stereocenters. The van der Waals surface area contributed by atoms with Crippen LogP contribution >= 0.6 is 0 Å². The normalized spacial score (nSPS) is 43.4. The van der Waals surface area contributed by atoms with E-state index in [2.05, 4.69) is 23.9 Å². The second-order valence-corrected chi connectivity index (χ2v) is 4.17. The monoisotopic (exact) mass is 154 g/mol. The molecular weight excluding hydrogens is 136 g/mol. The van der Waals surface area contributed by atoms with Crippen molar-refractivity contribution in [3.8, 4) is 0 Å². The van der Waals surface area contributed by atoms with Crippen molar-refractivity contribution in [2.75, 3.05) is 33.7 Å². The van der Waals surface area contributed by atoms with E-state index in [-0.39, 0.29) is 0 Å². The minimum Gasteiger partial charge on any atom is -0.305 e. The van der Waals surface area contributed by atoms with Gasteiger partial charge in [-0.2, -0.15) is 0 Å². The highest BCUT2D eigenvalue weighted by atomic mass is 15.2. The lowest BCUT2D eigenvalue weighted by molar-refractivity contribution is 0.0272. The minimum absolute atomic E-state index is 0.845. The van der Waals surface area contributed by atoms with Gasteiger partial charge in [-0.05, 0) is 45.9 Å². The first kappa shape index (κ1) is 7.56. The van der Waals surface area contributed by atoms with Crippen LogP contribution in [-0.4, -0.2) is 49.6 Å². The average Bonchev–Trinajstić information content (AvgIpc) is 2.06. The number of piperidine rings is 3. The summed E-state index contributed by atoms with van der Waals surface area (Å²) in [5.41, 5.74) is 0. The second-order valence-electron chi connectivity index (χ2n) is 4.17. The molecular formula is C9H18N2. The van der Waals surface area contributed by atoms with Crippen LogP contribution in [0.5, 0.6) is 0 Å². The Balaban J connectivity index is 2.03. The zero-order chi connectivity index (χ0) is 7.84. The first-order valence-corrected chi connectivity index (χ1v) is 4.66. The van der Waals surface area contributed by atoms with E-state index in [9.17, 15) is 0 Å². The molecule has 3 fully saturated rings. The van der Waals surface area contributed by atoms with E-state index in [1.54, 1.807) is 0 Å². The molecule has 0 radical (unpaired) electrons. The van der Waals surface area contributed by atoms with Gasteiger partial charge in [0, 0.05) is 12.6 Å². The van der Waals surface area contributed by atoms with Crippen molar-refractivity contribution >= 4 is 0 Å². The molecule has 0 aromatic carbocycles. The van der Waals surface area contributed by atoms with Crippen LogP contribution < -0.4 is 0 Å². The maximum Gasteiger partial charge on any atom is 0.0246 e. The Hall–Kier alpha value is -0.0800. The molecule has 64 valence electrons. The summed E-state index contributed by atoms with van der Waals surface area (Å²) in [6.07, 6.45) is 2.87. The Kier molecular flexibility index (Phi) is 1.90. The third kappa shape index (κ3) is 1.30. The van der Waals surface area contributed by atoms with Crippen LogP contribution in [0, 0.1) is 5.92 Å². The van der Waals surface area contributed by atoms with Crippen molar-refractivity contribution in [3.05, 3.63) is 0 Å². The molecule has 0 aromatic rings. The largest absolute Gasteiger partial charge is 0.305 e. The lowest BCUT2D eigenvalue weighted by atomic mass is 9.83. The number of hydrogen-bond acceptors (Lipinski definition) is 2. The molecule has 1 unspecified atom stereocenters. The molecule has 0 amide bonds. The average molecular weight is 154 g/mol. The van der Waals surface area contributed by atoms with Gasteiger partial charge in [-0.25, -0.2) is 0 Å². The molecule has 3 heterocycles. The molecule has 0 aliphatic carbocycles. The van der Waals surface area contributed by atoms with E-state index in [0.29, 0.717) is 0 Å². The van der Waals surface area contributed by atoms with Crippen molar-refractivity contribution < 1.29 is 0 Å². The molecule has 0 aromatic heterocycles. The highest BCUT2D eigenvalue weighted by Crippen LogP contribution is 2.29. The number of likely N-dealkylation sites (N-methyl/N-ethyl adjacent to an activating group) is 1. The first-order valence-electron chi connectivity index (χ1n) is 4.66. The van der Waals surface area contributed by atoms with Crippen LogP contribution in [-0.2, 0) is 0 Å². The second kappa shape index (κ2) is 2.76. The number of fused-ring (bicyclic) bond motifs is 3. The fraction of sp³-hybridized carbons (Fsp3) is 1.00. The topological polar surface area (TPSA) is 6.48 Å². The molecule has 3 aliphatic heterocycles. The van der Waals surface area contributed by atoms with E-state index in [4.69, 9.17) is 0 Å². The Morgan fingerprint density at radius 3 is 2.09 bits per heavy atom. The summed E-state index contributed by atoms with van der Waals surface area (Å²) in [5, 5.41) is 0. The van der Waals surface area contributed by atoms with Crippen LogP contribution in [0.1, 0.15) is 12.8 Å². The van der Waals surface area contributed by atoms with Crippen molar-refractivity contribution in [1.29, 1.82) is 0 Å². The maximum absolute atomic E-state index is 2.60. The summed E-state index contributed by atoms with van der Waals surface area (Å²) in [4.78, 5) is 5.00. The molecule has 3 aliphatic rings. The van der Waals surface area contributed by atoms with E-state index in [0.717, 1.165) is 12.0 Å². The lowest BCUT2D eigenvalue weighted by Gasteiger charge is -2.47. The van der Waals surface area contributed by atoms with Gasteiger partial charge in [0.25, 0.3) is 0 Å². The van der Waals surface area contributed by atoms with Gasteiger partial charge < -0.3 is 9.80 Å². The molecule has 2 bridgehead atoms. The summed E-state index contributed by atoms with van der Waals surface area (Å²) in [6, 6.07) is 0.845. The molecule has 0 spiro atoms. The van der Waals surface area contributed by atoms with Gasteiger partial charge in [0.05, 0.1) is 0 Å². The van der Waals surface area contributed by atoms with Gasteiger partial charge in [0.1, 0.15) is 0 Å². The standard InChI is InChI=1S/C9H18N2/c1-10(2)9-7-11-5-3-8(9)4-6-11/h8-9H,3-7H2,1-2H3. The third-order valence-corrected chi connectivity index (χ3v) is 3.28. The molecule has 0 saturated carbocycles. The van der Waals surface area contributed by atoms with Gasteiger partial charge in [-0.3, -0.25) is 0 Å². The van der Waals surface area contributed by atoms with Gasteiger partial charge in [-0.15, -0.1) is 0 Å². The van der Waals surface area contributed by atoms with Gasteiger partial charge >= 0.3 is 0 Å². The van der Waals surface area contributed by atoms with Gasteiger partial charge in [-0.1, -0.05) is 0 Å². The Bertz CT molecular complexity index is 136. The van der Waals surface area contributed by atoms with Crippen LogP contribution in [0.25, 0.3) is 0 Å². The fourth-order valence-electron chi connectivity index (χ4n) is 2.52. The summed E-state index contributed by atoms with van der Waals surface area (Å²) in [6.45, 7) is 4.03. The zero-order valence-electron chi connectivity index (χ0n) is 7.58. The van der Waals surface area contributed by atoms with Crippen molar-refractivity contribution in [1.82, 2.24) is 9.80 Å². The minimum atomic E-state index is 0.845. The highest BCUT2D eigenvalue weighted by Gasteiger charge is 2.34. The zero-order valence-corrected chi connectivity index (χ0v) is 7.58. The number of hydrogen-bond donors (Lipinski definition) is 0. The van der Waals surface area contributed by atoms with Gasteiger partial charge in [0.2, 0.25) is 0 Å². The van der Waals surface area contributed by atoms with Gasteiger partial charge in [0.15, 0.2) is 0 Å². The molecule has 3 saturated heterocycles. The Morgan fingerprint density at radius 2 is 1.82 bits per heavy atom. The summed E-state index contributed by atoms with van der Waals surface area (Å²) >= 11 is 0. The van der Waals surface area contributed by atoms with Crippen LogP contribution in [0.4, 0.5) is 0 Å². The Morgan fingerprint density at radius 1 is 1.18 bits per heavy atom. The lowest BCUT2D eigenvalue weighted by Crippen LogP contribution is -2.55. The smallest absolute Gasteiger partial charge is 0.0246 e. The molecule has 11 heavy (non-hydrogen) atoms. The van der Waals surface area contributed by atoms with Crippen molar-refractivity contribution in [2.24, 2.45) is 5.92 Å². The molecule has 2 heteroatoms. The first-order chi connectivity index (χ1) is 5.27. The number of rotatable bonds is 1. The SMILES string of the molecule is CN(C)C1CN2CCC1CC2. The van der Waals surface area contributed by atoms with E-state index >= 15 is 0 Å². The predicted octanol–water partition coefficient (Wildman–Crippen LogP) is 0.642. The molecule has 2 nitrogen and oxygen atoms in total. The van der Waals surface area contributed by atoms with Crippen molar-refractivity contribution in [3.63, 3.8) is 0 Å². The molecule has 3 rings (SSSR count). The molecule has 0 N–H and O–H groups in total. The fourth-order valence-corrected chi connectivity index (χ4v) is 2.52. The summed E-state index contributed by atoms with van der Waals surface area (Å²) in [7, 11) is 4.43. The van der Waals surface area contributed by atoms with E-state index < -0.39 is 0 Å². The maximum atomic E-state index is 2.60. The van der Waals surface area contributed by atoms with Crippen molar-refractivity contribution in [2.45, 2.75) is 18.9 Å². The van der Waals surface area contributed by atoms with E-state index in [1.165, 1.54) is 32.5 Å². The third-order valence-electron chi connectivity index (χ3n) is 3.28. The quantitative estimate of drug-likeness (QED) is 0.547. The van der Waals surface area contributed by atoms with Crippen LogP contribution in [0.2, 0.25) is 0 Å². The van der Waals surface area contributed by atoms with E-state index in [1.807, 2.05) is 0 Å². The Labute approximate surface area is 69.2 Å². The predicted molar refractivity (Wildman–Crippen MR) is 46.6 cm³/mol. The summed E-state index contributed by atoms with van der Waals surface area (Å²) in [5.74, 6) is 0.995. The van der Waals surface area contributed by atoms with Crippen LogP contribution in [0.3, 0.4) is 0 Å². The summed E-state index contributed by atoms with van der Waals surface area (Å²) < 4.78 is 0. The highest BCUT2D eigenvalue weighted by molar-refractivity contribution is 4.90. The van der Waals surface area contributed by atoms with Crippen LogP contribution in [0.15, 0.2) is 0 Å².